The minimum Gasteiger partial charge on any atom is -0.363 e. The van der Waals surface area contributed by atoms with Gasteiger partial charge in [0.05, 0.1) is 10.2 Å². The summed E-state index contributed by atoms with van der Waals surface area (Å²) < 4.78 is 28.2. The Morgan fingerprint density at radius 1 is 1.19 bits per heavy atom. The second-order valence-electron chi connectivity index (χ2n) is 6.13. The molecule has 1 N–H and O–H groups in total. The quantitative estimate of drug-likeness (QED) is 0.810. The molecule has 0 saturated carbocycles. The van der Waals surface area contributed by atoms with Crippen molar-refractivity contribution in [2.45, 2.75) is 57.2 Å². The van der Waals surface area contributed by atoms with Gasteiger partial charge in [-0.1, -0.05) is 6.92 Å². The molecule has 3 rings (SSSR count). The normalized spacial score (nSPS) is 28.2. The Hall–Kier alpha value is -0.680. The van der Waals surface area contributed by atoms with Gasteiger partial charge < -0.3 is 10.2 Å². The Balaban J connectivity index is 1.81. The molecule has 0 radical (unpaired) electrons. The van der Waals surface area contributed by atoms with E-state index in [0.29, 0.717) is 23.8 Å². The predicted molar refractivity (Wildman–Crippen MR) is 84.7 cm³/mol. The van der Waals surface area contributed by atoms with E-state index < -0.39 is 5.82 Å². The summed E-state index contributed by atoms with van der Waals surface area (Å²) in [5.74, 6) is -0.725. The molecule has 2 unspecified atom stereocenters. The molecule has 1 aromatic rings. The zero-order chi connectivity index (χ0) is 15.0. The van der Waals surface area contributed by atoms with Gasteiger partial charge in [0.1, 0.15) is 11.6 Å². The summed E-state index contributed by atoms with van der Waals surface area (Å²) in [6, 6.07) is 3.75. The molecule has 0 aliphatic carbocycles. The van der Waals surface area contributed by atoms with Crippen LogP contribution in [0.3, 0.4) is 0 Å². The van der Waals surface area contributed by atoms with E-state index in [9.17, 15) is 8.78 Å². The average Bonchev–Trinajstić information content (AvgIpc) is 2.71. The lowest BCUT2D eigenvalue weighted by Crippen LogP contribution is -2.49. The Labute approximate surface area is 133 Å². The molecule has 1 aromatic carbocycles. The van der Waals surface area contributed by atoms with E-state index in [-0.39, 0.29) is 10.3 Å². The first kappa shape index (κ1) is 15.2. The maximum atomic E-state index is 14.2. The number of piperidine rings is 1. The summed E-state index contributed by atoms with van der Waals surface area (Å²) in [7, 11) is 0. The van der Waals surface area contributed by atoms with Crippen LogP contribution in [0.15, 0.2) is 16.6 Å². The molecule has 2 bridgehead atoms. The van der Waals surface area contributed by atoms with Crippen LogP contribution in [-0.4, -0.2) is 24.7 Å². The van der Waals surface area contributed by atoms with E-state index in [1.54, 1.807) is 0 Å². The summed E-state index contributed by atoms with van der Waals surface area (Å²) in [6.07, 6.45) is 5.32. The number of nitrogens with one attached hydrogen (secondary N) is 1. The van der Waals surface area contributed by atoms with Gasteiger partial charge in [0.2, 0.25) is 0 Å². The van der Waals surface area contributed by atoms with Crippen molar-refractivity contribution in [3.8, 4) is 0 Å². The van der Waals surface area contributed by atoms with Crippen LogP contribution in [0.4, 0.5) is 14.5 Å². The first-order valence-corrected chi connectivity index (χ1v) is 8.55. The molecule has 2 nitrogen and oxygen atoms in total. The van der Waals surface area contributed by atoms with Crippen LogP contribution in [0.1, 0.15) is 39.0 Å². The van der Waals surface area contributed by atoms with Crippen LogP contribution >= 0.6 is 15.9 Å². The topological polar surface area (TPSA) is 15.3 Å². The van der Waals surface area contributed by atoms with Crippen LogP contribution in [0, 0.1) is 11.6 Å². The number of hydrogen-bond acceptors (Lipinski definition) is 2. The molecule has 2 atom stereocenters. The highest BCUT2D eigenvalue weighted by Crippen LogP contribution is 2.41. The van der Waals surface area contributed by atoms with Crippen molar-refractivity contribution >= 4 is 21.6 Å². The number of benzene rings is 1. The van der Waals surface area contributed by atoms with Crippen LogP contribution in [-0.2, 0) is 0 Å². The summed E-state index contributed by atoms with van der Waals surface area (Å²) in [6.45, 7) is 3.20. The van der Waals surface area contributed by atoms with E-state index in [1.807, 2.05) is 0 Å². The summed E-state index contributed by atoms with van der Waals surface area (Å²) in [4.78, 5) is 2.12. The van der Waals surface area contributed by atoms with E-state index in [1.165, 1.54) is 12.1 Å². The SMILES string of the molecule is CCCNC1CC2CCC(C1)N2c1cc(F)c(Br)cc1F. The van der Waals surface area contributed by atoms with E-state index in [0.717, 1.165) is 38.6 Å². The molecule has 2 heterocycles. The smallest absolute Gasteiger partial charge is 0.147 e. The number of hydrogen-bond donors (Lipinski definition) is 1. The number of nitrogens with zero attached hydrogens (tertiary/aromatic N) is 1. The summed E-state index contributed by atoms with van der Waals surface area (Å²) in [5, 5.41) is 3.58. The fraction of sp³-hybridized carbons (Fsp3) is 0.625. The van der Waals surface area contributed by atoms with E-state index in [4.69, 9.17) is 0 Å². The maximum absolute atomic E-state index is 14.2. The minimum atomic E-state index is -0.392. The standard InChI is InChI=1S/C16H21BrF2N2/c1-2-5-20-10-6-11-3-4-12(7-10)21(11)16-9-14(18)13(17)8-15(16)19/h8-12,20H,2-7H2,1H3. The lowest BCUT2D eigenvalue weighted by Gasteiger charge is -2.41. The third kappa shape index (κ3) is 2.95. The third-order valence-corrected chi connectivity index (χ3v) is 5.29. The molecule has 2 saturated heterocycles. The molecule has 0 spiro atoms. The van der Waals surface area contributed by atoms with Gasteiger partial charge in [-0.05, 0) is 60.6 Å². The number of halogens is 3. The first-order chi connectivity index (χ1) is 10.1. The Morgan fingerprint density at radius 3 is 2.48 bits per heavy atom. The van der Waals surface area contributed by atoms with Crippen LogP contribution in [0.2, 0.25) is 0 Å². The number of anilines is 1. The molecule has 0 aromatic heterocycles. The molecular weight excluding hydrogens is 338 g/mol. The Kier molecular flexibility index (Phi) is 4.50. The molecule has 2 aliphatic rings. The van der Waals surface area contributed by atoms with Crippen molar-refractivity contribution < 1.29 is 8.78 Å². The van der Waals surface area contributed by atoms with Gasteiger partial charge in [-0.25, -0.2) is 8.78 Å². The summed E-state index contributed by atoms with van der Waals surface area (Å²) in [5.41, 5.74) is 0.428. The van der Waals surface area contributed by atoms with E-state index in [2.05, 4.69) is 33.1 Å². The molecular formula is C16H21BrF2N2. The van der Waals surface area contributed by atoms with Gasteiger partial charge in [-0.2, -0.15) is 0 Å². The fourth-order valence-corrected chi connectivity index (χ4v) is 4.11. The second kappa shape index (κ2) is 6.21. The molecule has 2 fully saturated rings. The molecule has 5 heteroatoms. The molecule has 21 heavy (non-hydrogen) atoms. The van der Waals surface area contributed by atoms with Crippen LogP contribution in [0.25, 0.3) is 0 Å². The second-order valence-corrected chi connectivity index (χ2v) is 6.99. The van der Waals surface area contributed by atoms with Gasteiger partial charge in [-0.15, -0.1) is 0 Å². The van der Waals surface area contributed by atoms with Crippen molar-refractivity contribution in [2.24, 2.45) is 0 Å². The lowest BCUT2D eigenvalue weighted by molar-refractivity contribution is 0.354. The highest BCUT2D eigenvalue weighted by Gasteiger charge is 2.41. The fourth-order valence-electron chi connectivity index (χ4n) is 3.80. The van der Waals surface area contributed by atoms with Crippen molar-refractivity contribution in [3.63, 3.8) is 0 Å². The van der Waals surface area contributed by atoms with Gasteiger partial charge in [-0.3, -0.25) is 0 Å². The molecule has 0 amide bonds. The van der Waals surface area contributed by atoms with Gasteiger partial charge in [0.25, 0.3) is 0 Å². The molecule has 2 aliphatic heterocycles. The zero-order valence-corrected chi connectivity index (χ0v) is 13.8. The van der Waals surface area contributed by atoms with Gasteiger partial charge in [0.15, 0.2) is 0 Å². The largest absolute Gasteiger partial charge is 0.363 e. The van der Waals surface area contributed by atoms with Crippen molar-refractivity contribution in [1.82, 2.24) is 5.32 Å². The van der Waals surface area contributed by atoms with Crippen molar-refractivity contribution in [2.75, 3.05) is 11.4 Å². The van der Waals surface area contributed by atoms with Crippen LogP contribution < -0.4 is 10.2 Å². The van der Waals surface area contributed by atoms with Crippen molar-refractivity contribution in [1.29, 1.82) is 0 Å². The highest BCUT2D eigenvalue weighted by atomic mass is 79.9. The third-order valence-electron chi connectivity index (χ3n) is 4.68. The monoisotopic (exact) mass is 358 g/mol. The first-order valence-electron chi connectivity index (χ1n) is 7.76. The van der Waals surface area contributed by atoms with E-state index >= 15 is 0 Å². The Morgan fingerprint density at radius 2 is 1.86 bits per heavy atom. The maximum Gasteiger partial charge on any atom is 0.147 e. The number of fused-ring (bicyclic) bond motifs is 2. The minimum absolute atomic E-state index is 0.190. The van der Waals surface area contributed by atoms with Gasteiger partial charge in [0, 0.05) is 24.2 Å². The predicted octanol–water partition coefficient (Wildman–Crippen LogP) is 4.23. The number of rotatable bonds is 4. The van der Waals surface area contributed by atoms with Crippen LogP contribution in [0.5, 0.6) is 0 Å². The summed E-state index contributed by atoms with van der Waals surface area (Å²) >= 11 is 3.04. The Bertz CT molecular complexity index is 509. The average molecular weight is 359 g/mol. The van der Waals surface area contributed by atoms with Gasteiger partial charge >= 0.3 is 0 Å². The zero-order valence-electron chi connectivity index (χ0n) is 12.2. The lowest BCUT2D eigenvalue weighted by atomic mass is 9.96. The van der Waals surface area contributed by atoms with Crippen molar-refractivity contribution in [3.05, 3.63) is 28.2 Å². The molecule has 116 valence electrons. The highest BCUT2D eigenvalue weighted by molar-refractivity contribution is 9.10.